The first-order valence-corrected chi connectivity index (χ1v) is 30.2. The van der Waals surface area contributed by atoms with Gasteiger partial charge in [-0.25, -0.2) is 0 Å². The second-order valence-electron chi connectivity index (χ2n) is 28.1. The summed E-state index contributed by atoms with van der Waals surface area (Å²) in [7, 11) is 0. The van der Waals surface area contributed by atoms with Crippen molar-refractivity contribution in [3.63, 3.8) is 0 Å². The lowest BCUT2D eigenvalue weighted by Gasteiger charge is -2.71. The van der Waals surface area contributed by atoms with Crippen LogP contribution in [0.5, 0.6) is 0 Å². The van der Waals surface area contributed by atoms with E-state index >= 15 is 4.79 Å². The molecule has 9 fully saturated rings. The van der Waals surface area contributed by atoms with Crippen LogP contribution in [0.3, 0.4) is 0 Å². The molecule has 15 N–H and O–H groups in total. The Morgan fingerprint density at radius 3 is 1.86 bits per heavy atom. The first-order chi connectivity index (χ1) is 39.3. The molecule has 0 amide bonds. The minimum atomic E-state index is -2.02. The quantitative estimate of drug-likeness (QED) is 0.0542. The third kappa shape index (κ3) is 10.7. The summed E-state index contributed by atoms with van der Waals surface area (Å²) in [6, 6.07) is 0. The molecule has 5 heterocycles. The summed E-state index contributed by atoms with van der Waals surface area (Å²) in [4.78, 5) is 15.3. The largest absolute Gasteiger partial charge is 0.432 e. The van der Waals surface area contributed by atoms with Gasteiger partial charge in [0.2, 0.25) is 6.29 Å². The summed E-state index contributed by atoms with van der Waals surface area (Å²) in [5.74, 6) is -0.980. The van der Waals surface area contributed by atoms with Crippen LogP contribution in [0, 0.1) is 50.2 Å². The maximum Gasteiger partial charge on any atom is 0.315 e. The smallest absolute Gasteiger partial charge is 0.315 e. The molecule has 0 spiro atoms. The lowest BCUT2D eigenvalue weighted by molar-refractivity contribution is -0.404. The van der Waals surface area contributed by atoms with Crippen LogP contribution in [0.2, 0.25) is 0 Å². The van der Waals surface area contributed by atoms with Crippen molar-refractivity contribution in [2.75, 3.05) is 19.8 Å². The molecule has 33 atom stereocenters. The molecule has 26 heteroatoms. The average molecular weight is 1210 g/mol. The van der Waals surface area contributed by atoms with Gasteiger partial charge in [-0.1, -0.05) is 53.2 Å². The number of esters is 1. The van der Waals surface area contributed by atoms with E-state index in [0.29, 0.717) is 57.8 Å². The Labute approximate surface area is 488 Å². The predicted molar refractivity (Wildman–Crippen MR) is 283 cm³/mol. The Morgan fingerprint density at radius 2 is 1.18 bits per heavy atom. The van der Waals surface area contributed by atoms with Crippen molar-refractivity contribution >= 4 is 5.97 Å². The molecule has 5 aliphatic carbocycles. The minimum Gasteiger partial charge on any atom is -0.432 e. The molecule has 10 rings (SSSR count). The van der Waals surface area contributed by atoms with Gasteiger partial charge in [0.15, 0.2) is 31.5 Å². The zero-order valence-corrected chi connectivity index (χ0v) is 49.1. The van der Waals surface area contributed by atoms with E-state index < -0.39 is 183 Å². The number of fused-ring (bicyclic) bond motifs is 7. The van der Waals surface area contributed by atoms with Crippen LogP contribution in [-0.4, -0.2) is 256 Å². The van der Waals surface area contributed by atoms with E-state index in [1.54, 1.807) is 0 Å². The molecule has 0 aromatic rings. The van der Waals surface area contributed by atoms with Crippen LogP contribution in [0.25, 0.3) is 0 Å². The number of aliphatic hydroxyl groups excluding tert-OH is 15. The molecule has 5 aliphatic heterocycles. The van der Waals surface area contributed by atoms with Crippen molar-refractivity contribution in [1.82, 2.24) is 0 Å². The maximum atomic E-state index is 15.3. The van der Waals surface area contributed by atoms with E-state index in [1.165, 1.54) is 13.8 Å². The van der Waals surface area contributed by atoms with Gasteiger partial charge in [-0.05, 0) is 117 Å². The molecule has 10 aliphatic rings. The van der Waals surface area contributed by atoms with Gasteiger partial charge < -0.3 is 124 Å². The number of aliphatic hydroxyl groups is 15. The third-order valence-corrected chi connectivity index (χ3v) is 22.9. The van der Waals surface area contributed by atoms with Gasteiger partial charge in [0.05, 0.1) is 43.5 Å². The van der Waals surface area contributed by atoms with Crippen molar-refractivity contribution in [3.05, 3.63) is 11.6 Å². The maximum absolute atomic E-state index is 15.3. The zero-order chi connectivity index (χ0) is 61.3. The Bertz CT molecular complexity index is 2340. The van der Waals surface area contributed by atoms with Crippen LogP contribution < -0.4 is 0 Å². The van der Waals surface area contributed by atoms with E-state index in [2.05, 4.69) is 40.7 Å². The summed E-state index contributed by atoms with van der Waals surface area (Å²) in [6.07, 6.45) is -31.6. The molecular weight excluding hydrogens is 1110 g/mol. The van der Waals surface area contributed by atoms with Gasteiger partial charge in [0.25, 0.3) is 0 Å². The van der Waals surface area contributed by atoms with E-state index in [4.69, 9.17) is 47.4 Å². The molecule has 26 nitrogen and oxygen atoms in total. The fraction of sp³-hybridized carbons (Fsp3) is 0.948. The Morgan fingerprint density at radius 1 is 0.560 bits per heavy atom. The Balaban J connectivity index is 0.852. The van der Waals surface area contributed by atoms with Gasteiger partial charge in [0.1, 0.15) is 97.7 Å². The van der Waals surface area contributed by atoms with E-state index in [0.717, 1.165) is 12.0 Å². The molecule has 4 saturated carbocycles. The molecule has 0 aromatic heterocycles. The predicted octanol–water partition coefficient (Wildman–Crippen LogP) is -2.59. The highest BCUT2D eigenvalue weighted by molar-refractivity contribution is 5.79. The highest BCUT2D eigenvalue weighted by Crippen LogP contribution is 2.76. The monoisotopic (exact) mass is 1210 g/mol. The molecule has 0 radical (unpaired) electrons. The fourth-order valence-electron chi connectivity index (χ4n) is 17.4. The number of rotatable bonds is 12. The molecule has 0 bridgehead atoms. The summed E-state index contributed by atoms with van der Waals surface area (Å²) in [5, 5.41) is 163. The number of ether oxygens (including phenoxy) is 10. The summed E-state index contributed by atoms with van der Waals surface area (Å²) < 4.78 is 58.9. The van der Waals surface area contributed by atoms with Crippen molar-refractivity contribution in [3.8, 4) is 0 Å². The summed E-state index contributed by atoms with van der Waals surface area (Å²) in [6.45, 7) is 14.8. The number of carbonyl (C=O) groups is 1. The SMILES string of the molecule is CC1OC(OC2C(CO)OC(OC3OC(OC(=O)C45CCC(C)(C)CC4C4=CCC6C7(C)CCC(OC8OCC(O)C(O)C8OC8C(O)C(C)OC(O)C8O)C(C)(CO)C7CCC6(C)C4(C)CC5)C(O)C(O)C3O)C(O)C2O)C(O)C(O)C1O. The minimum absolute atomic E-state index is 0.0818. The van der Waals surface area contributed by atoms with Crippen LogP contribution >= 0.6 is 0 Å². The van der Waals surface area contributed by atoms with Gasteiger partial charge in [-0.2, -0.15) is 0 Å². The van der Waals surface area contributed by atoms with Gasteiger partial charge >= 0.3 is 5.97 Å². The van der Waals surface area contributed by atoms with Gasteiger partial charge in [0, 0.05) is 5.41 Å². The number of allylic oxidation sites excluding steroid dienone is 2. The lowest BCUT2D eigenvalue weighted by Crippen LogP contribution is -2.67. The van der Waals surface area contributed by atoms with E-state index in [-0.39, 0.29) is 47.2 Å². The molecule has 482 valence electrons. The first kappa shape index (κ1) is 65.2. The molecule has 33 unspecified atom stereocenters. The summed E-state index contributed by atoms with van der Waals surface area (Å²) in [5.41, 5.74) is -2.10. The molecule has 0 aromatic carbocycles. The van der Waals surface area contributed by atoms with Crippen molar-refractivity contribution in [2.24, 2.45) is 50.2 Å². The highest BCUT2D eigenvalue weighted by Gasteiger charge is 2.71. The Hall–Kier alpha value is -1.75. The van der Waals surface area contributed by atoms with Gasteiger partial charge in [-0.15, -0.1) is 0 Å². The second kappa shape index (κ2) is 23.8. The molecule has 84 heavy (non-hydrogen) atoms. The second-order valence-corrected chi connectivity index (χ2v) is 28.1. The van der Waals surface area contributed by atoms with Crippen molar-refractivity contribution in [1.29, 1.82) is 0 Å². The molecular formula is C58H94O26. The average Bonchev–Trinajstić information content (AvgIpc) is 2.14. The van der Waals surface area contributed by atoms with Crippen molar-refractivity contribution < 1.29 is 129 Å². The Kier molecular flexibility index (Phi) is 18.5. The van der Waals surface area contributed by atoms with Gasteiger partial charge in [-0.3, -0.25) is 4.79 Å². The third-order valence-electron chi connectivity index (χ3n) is 22.9. The number of hydrogen-bond acceptors (Lipinski definition) is 26. The van der Waals surface area contributed by atoms with Crippen LogP contribution in [0.1, 0.15) is 120 Å². The van der Waals surface area contributed by atoms with E-state index in [9.17, 15) is 76.6 Å². The zero-order valence-electron chi connectivity index (χ0n) is 49.1. The fourth-order valence-corrected chi connectivity index (χ4v) is 17.4. The lowest BCUT2D eigenvalue weighted by atomic mass is 9.33. The van der Waals surface area contributed by atoms with Crippen molar-refractivity contribution in [2.45, 2.75) is 273 Å². The number of carbonyl (C=O) groups excluding carboxylic acids is 1. The normalized spacial score (nSPS) is 55.8. The summed E-state index contributed by atoms with van der Waals surface area (Å²) >= 11 is 0. The topological polar surface area (TPSA) is 413 Å². The first-order valence-electron chi connectivity index (χ1n) is 30.2. The van der Waals surface area contributed by atoms with Crippen LogP contribution in [0.4, 0.5) is 0 Å². The standard InChI is InChI=1S/C58H94O26/c1-23-32(62)35(65)38(68)47(77-23)81-43-28(20-59)78-48(41(71)37(43)67)82-49-39(69)36(66)40(70)50(83-49)84-52(74)58-17-15-53(3,4)19-26(58)25-9-10-30-54(5)13-12-31(55(6,22-60)29(54)11-14-57(30,8)56(25,7)16-18-58)79-51-45(34(64)27(61)21-75-51)80-44-33(63)24(2)76-46(73)42(44)72/h9,23-24,26-51,59-73H,10-22H2,1-8H3. The highest BCUT2D eigenvalue weighted by atomic mass is 16.8. The number of hydrogen-bond donors (Lipinski definition) is 15. The molecule has 5 saturated heterocycles. The van der Waals surface area contributed by atoms with Crippen LogP contribution in [-0.2, 0) is 52.2 Å². The van der Waals surface area contributed by atoms with Crippen LogP contribution in [0.15, 0.2) is 11.6 Å². The van der Waals surface area contributed by atoms with E-state index in [1.807, 2.05) is 6.92 Å².